The first-order chi connectivity index (χ1) is 7.74. The summed E-state index contributed by atoms with van der Waals surface area (Å²) < 4.78 is 0. The molecular weight excluding hydrogens is 236 g/mol. The number of thioether (sulfide) groups is 1. The third-order valence-corrected chi connectivity index (χ3v) is 4.26. The number of aryl methyl sites for hydroxylation is 2. The molecule has 0 saturated carbocycles. The molecule has 0 radical (unpaired) electrons. The van der Waals surface area contributed by atoms with Gasteiger partial charge in [-0.05, 0) is 45.2 Å². The highest BCUT2D eigenvalue weighted by molar-refractivity contribution is 7.98. The molecule has 92 valence electrons. The van der Waals surface area contributed by atoms with Crippen LogP contribution < -0.4 is 5.32 Å². The van der Waals surface area contributed by atoms with Crippen LogP contribution in [0.15, 0.2) is 0 Å². The second-order valence-corrected chi connectivity index (χ2v) is 6.25. The molecule has 1 rings (SSSR count). The average Bonchev–Trinajstić information content (AvgIpc) is 2.56. The zero-order valence-corrected chi connectivity index (χ0v) is 12.1. The Bertz CT molecular complexity index is 297. The molecule has 0 aliphatic heterocycles. The molecule has 0 bridgehead atoms. The lowest BCUT2D eigenvalue weighted by atomic mass is 10.2. The molecule has 4 heteroatoms. The summed E-state index contributed by atoms with van der Waals surface area (Å²) >= 11 is 3.75. The molecule has 1 heterocycles. The van der Waals surface area contributed by atoms with Crippen LogP contribution in [0.4, 0.5) is 0 Å². The van der Waals surface area contributed by atoms with Crippen LogP contribution in [0.3, 0.4) is 0 Å². The van der Waals surface area contributed by atoms with Gasteiger partial charge in [0.05, 0.1) is 10.7 Å². The summed E-state index contributed by atoms with van der Waals surface area (Å²) in [5, 5.41) is 4.67. The first kappa shape index (κ1) is 14.0. The zero-order valence-electron chi connectivity index (χ0n) is 10.5. The molecule has 0 aliphatic rings. The van der Waals surface area contributed by atoms with Gasteiger partial charge in [-0.2, -0.15) is 11.8 Å². The number of hydrogen-bond donors (Lipinski definition) is 1. The fraction of sp³-hybridized carbons (Fsp3) is 0.750. The third-order valence-electron chi connectivity index (χ3n) is 2.49. The second-order valence-electron chi connectivity index (χ2n) is 3.97. The Morgan fingerprint density at radius 3 is 2.69 bits per heavy atom. The second kappa shape index (κ2) is 8.09. The molecular formula is C12H22N2S2. The Kier molecular flexibility index (Phi) is 7.08. The van der Waals surface area contributed by atoms with E-state index in [1.54, 1.807) is 0 Å². The standard InChI is InChI=1S/C12H22N2S2/c1-10-12(16-11(2)14-10)9-13-7-5-4-6-8-15-3/h13H,4-9H2,1-3H3. The van der Waals surface area contributed by atoms with Gasteiger partial charge in [-0.1, -0.05) is 6.42 Å². The summed E-state index contributed by atoms with van der Waals surface area (Å²) in [6, 6.07) is 0. The van der Waals surface area contributed by atoms with Gasteiger partial charge in [0.2, 0.25) is 0 Å². The van der Waals surface area contributed by atoms with Crippen molar-refractivity contribution < 1.29 is 0 Å². The molecule has 1 N–H and O–H groups in total. The highest BCUT2D eigenvalue weighted by Gasteiger charge is 2.03. The van der Waals surface area contributed by atoms with Gasteiger partial charge in [0.25, 0.3) is 0 Å². The Hall–Kier alpha value is -0.0600. The summed E-state index contributed by atoms with van der Waals surface area (Å²) in [5.41, 5.74) is 1.19. The van der Waals surface area contributed by atoms with Crippen LogP contribution in [-0.2, 0) is 6.54 Å². The van der Waals surface area contributed by atoms with Crippen molar-refractivity contribution in [2.45, 2.75) is 39.7 Å². The highest BCUT2D eigenvalue weighted by Crippen LogP contribution is 2.16. The minimum absolute atomic E-state index is 0.986. The van der Waals surface area contributed by atoms with Crippen LogP contribution >= 0.6 is 23.1 Å². The van der Waals surface area contributed by atoms with Gasteiger partial charge in [-0.15, -0.1) is 11.3 Å². The minimum atomic E-state index is 0.986. The summed E-state index contributed by atoms with van der Waals surface area (Å²) in [4.78, 5) is 5.82. The lowest BCUT2D eigenvalue weighted by Crippen LogP contribution is -2.14. The number of thiazole rings is 1. The quantitative estimate of drug-likeness (QED) is 0.724. The molecule has 0 atom stereocenters. The van der Waals surface area contributed by atoms with Gasteiger partial charge >= 0.3 is 0 Å². The third kappa shape index (κ3) is 5.32. The van der Waals surface area contributed by atoms with Crippen molar-refractivity contribution in [3.8, 4) is 0 Å². The summed E-state index contributed by atoms with van der Waals surface area (Å²) in [6.07, 6.45) is 6.15. The van der Waals surface area contributed by atoms with Gasteiger partial charge in [-0.25, -0.2) is 4.98 Å². The van der Waals surface area contributed by atoms with Crippen LogP contribution in [0.5, 0.6) is 0 Å². The highest BCUT2D eigenvalue weighted by atomic mass is 32.2. The molecule has 0 saturated heterocycles. The van der Waals surface area contributed by atoms with Gasteiger partial charge in [0.1, 0.15) is 0 Å². The molecule has 2 nitrogen and oxygen atoms in total. The van der Waals surface area contributed by atoms with Gasteiger partial charge < -0.3 is 5.32 Å². The van der Waals surface area contributed by atoms with E-state index in [0.717, 1.165) is 13.1 Å². The predicted molar refractivity (Wildman–Crippen MR) is 75.5 cm³/mol. The molecule has 0 fully saturated rings. The van der Waals surface area contributed by atoms with Crippen molar-refractivity contribution in [1.29, 1.82) is 0 Å². The van der Waals surface area contributed by atoms with Crippen LogP contribution in [-0.4, -0.2) is 23.5 Å². The van der Waals surface area contributed by atoms with E-state index in [9.17, 15) is 0 Å². The van der Waals surface area contributed by atoms with Crippen LogP contribution in [0.1, 0.15) is 34.8 Å². The van der Waals surface area contributed by atoms with Crippen molar-refractivity contribution in [2.75, 3.05) is 18.6 Å². The number of nitrogens with zero attached hydrogens (tertiary/aromatic N) is 1. The molecule has 0 aliphatic carbocycles. The molecule has 16 heavy (non-hydrogen) atoms. The van der Waals surface area contributed by atoms with Crippen molar-refractivity contribution in [3.05, 3.63) is 15.6 Å². The van der Waals surface area contributed by atoms with E-state index in [1.807, 2.05) is 23.1 Å². The van der Waals surface area contributed by atoms with Crippen LogP contribution in [0, 0.1) is 13.8 Å². The maximum atomic E-state index is 4.43. The molecule has 0 unspecified atom stereocenters. The van der Waals surface area contributed by atoms with Gasteiger partial charge in [-0.3, -0.25) is 0 Å². The number of aromatic nitrogens is 1. The van der Waals surface area contributed by atoms with E-state index in [0.29, 0.717) is 0 Å². The van der Waals surface area contributed by atoms with E-state index in [4.69, 9.17) is 0 Å². The Balaban J connectivity index is 2.05. The van der Waals surface area contributed by atoms with E-state index in [-0.39, 0.29) is 0 Å². The fourth-order valence-electron chi connectivity index (χ4n) is 1.61. The molecule has 0 amide bonds. The first-order valence-corrected chi connectivity index (χ1v) is 8.07. The topological polar surface area (TPSA) is 24.9 Å². The van der Waals surface area contributed by atoms with E-state index in [2.05, 4.69) is 30.4 Å². The summed E-state index contributed by atoms with van der Waals surface area (Å²) in [7, 11) is 0. The number of hydrogen-bond acceptors (Lipinski definition) is 4. The van der Waals surface area contributed by atoms with Gasteiger partial charge in [0, 0.05) is 11.4 Å². The molecule has 1 aromatic heterocycles. The number of nitrogens with one attached hydrogen (secondary N) is 1. The summed E-state index contributed by atoms with van der Waals surface area (Å²) in [5.74, 6) is 1.30. The van der Waals surface area contributed by atoms with Crippen molar-refractivity contribution in [3.63, 3.8) is 0 Å². The monoisotopic (exact) mass is 258 g/mol. The van der Waals surface area contributed by atoms with Crippen LogP contribution in [0.2, 0.25) is 0 Å². The lowest BCUT2D eigenvalue weighted by molar-refractivity contribution is 0.620. The lowest BCUT2D eigenvalue weighted by Gasteiger charge is -2.03. The van der Waals surface area contributed by atoms with E-state index in [1.165, 1.54) is 40.6 Å². The normalized spacial score (nSPS) is 10.9. The largest absolute Gasteiger partial charge is 0.312 e. The van der Waals surface area contributed by atoms with Gasteiger partial charge in [0.15, 0.2) is 0 Å². The molecule has 1 aromatic rings. The molecule has 0 aromatic carbocycles. The smallest absolute Gasteiger partial charge is 0.0900 e. The van der Waals surface area contributed by atoms with Crippen LogP contribution in [0.25, 0.3) is 0 Å². The summed E-state index contributed by atoms with van der Waals surface area (Å²) in [6.45, 7) is 6.28. The van der Waals surface area contributed by atoms with E-state index >= 15 is 0 Å². The zero-order chi connectivity index (χ0) is 11.8. The van der Waals surface area contributed by atoms with Crippen molar-refractivity contribution in [2.24, 2.45) is 0 Å². The minimum Gasteiger partial charge on any atom is -0.312 e. The maximum absolute atomic E-state index is 4.43. The fourth-order valence-corrected chi connectivity index (χ4v) is 3.01. The number of rotatable bonds is 8. The van der Waals surface area contributed by atoms with Crippen molar-refractivity contribution >= 4 is 23.1 Å². The van der Waals surface area contributed by atoms with E-state index < -0.39 is 0 Å². The predicted octanol–water partition coefficient (Wildman–Crippen LogP) is 3.38. The first-order valence-electron chi connectivity index (χ1n) is 5.86. The van der Waals surface area contributed by atoms with Crippen molar-refractivity contribution in [1.82, 2.24) is 10.3 Å². The Morgan fingerprint density at radius 1 is 1.25 bits per heavy atom. The number of unbranched alkanes of at least 4 members (excludes halogenated alkanes) is 2. The maximum Gasteiger partial charge on any atom is 0.0900 e. The Morgan fingerprint density at radius 2 is 2.06 bits per heavy atom. The molecule has 0 spiro atoms. The average molecular weight is 258 g/mol. The SMILES string of the molecule is CSCCCCCNCc1sc(C)nc1C. The Labute approximate surface area is 107 Å².